The predicted molar refractivity (Wildman–Crippen MR) is 83.4 cm³/mol. The minimum Gasteiger partial charge on any atom is -0.476 e. The van der Waals surface area contributed by atoms with E-state index in [4.69, 9.17) is 5.11 Å². The molecular weight excluding hydrogens is 294 g/mol. The zero-order chi connectivity index (χ0) is 16.4. The number of hydrogen-bond donors (Lipinski definition) is 1. The van der Waals surface area contributed by atoms with Crippen molar-refractivity contribution in [2.45, 2.75) is 19.8 Å². The normalized spacial score (nSPS) is 10.9. The fraction of sp³-hybridized carbons (Fsp3) is 0.188. The van der Waals surface area contributed by atoms with Crippen molar-refractivity contribution >= 4 is 5.97 Å². The zero-order valence-corrected chi connectivity index (χ0v) is 12.7. The van der Waals surface area contributed by atoms with Gasteiger partial charge in [0.1, 0.15) is 18.0 Å². The highest BCUT2D eigenvalue weighted by atomic mass is 16.4. The van der Waals surface area contributed by atoms with E-state index >= 15 is 0 Å². The van der Waals surface area contributed by atoms with Gasteiger partial charge in [0.2, 0.25) is 0 Å². The fourth-order valence-corrected chi connectivity index (χ4v) is 2.07. The molecule has 116 valence electrons. The van der Waals surface area contributed by atoms with Crippen LogP contribution in [0.5, 0.6) is 0 Å². The molecule has 0 aliphatic rings. The van der Waals surface area contributed by atoms with E-state index in [1.165, 1.54) is 12.5 Å². The Hall–Kier alpha value is -3.09. The van der Waals surface area contributed by atoms with E-state index in [2.05, 4.69) is 19.9 Å². The zero-order valence-electron chi connectivity index (χ0n) is 12.7. The molecule has 3 rings (SSSR count). The molecule has 0 radical (unpaired) electrons. The first-order valence-corrected chi connectivity index (χ1v) is 7.11. The molecule has 0 spiro atoms. The topological polar surface area (TPSA) is 93.8 Å². The molecule has 3 aromatic rings. The Kier molecular flexibility index (Phi) is 3.84. The Balaban J connectivity index is 2.12. The van der Waals surface area contributed by atoms with Crippen molar-refractivity contribution in [3.05, 3.63) is 54.6 Å². The van der Waals surface area contributed by atoms with Crippen molar-refractivity contribution in [2.24, 2.45) is 0 Å². The molecule has 7 nitrogen and oxygen atoms in total. The van der Waals surface area contributed by atoms with Crippen molar-refractivity contribution in [2.75, 3.05) is 0 Å². The van der Waals surface area contributed by atoms with E-state index in [9.17, 15) is 4.79 Å². The molecule has 0 aliphatic carbocycles. The van der Waals surface area contributed by atoms with Crippen LogP contribution in [-0.2, 0) is 0 Å². The first kappa shape index (κ1) is 14.8. The SMILES string of the molecule is CC(C)c1nc(-c2ccncc2)cc(-n2cnc(C(=O)O)c2)n1. The highest BCUT2D eigenvalue weighted by Gasteiger charge is 2.13. The third kappa shape index (κ3) is 3.08. The van der Waals surface area contributed by atoms with Crippen molar-refractivity contribution in [3.8, 4) is 17.1 Å². The Morgan fingerprint density at radius 3 is 2.57 bits per heavy atom. The summed E-state index contributed by atoms with van der Waals surface area (Å²) in [5.41, 5.74) is 1.65. The van der Waals surface area contributed by atoms with Gasteiger partial charge >= 0.3 is 5.97 Å². The number of carbonyl (C=O) groups is 1. The molecule has 0 unspecified atom stereocenters. The minimum absolute atomic E-state index is 0.0276. The molecule has 0 atom stereocenters. The number of imidazole rings is 1. The van der Waals surface area contributed by atoms with Gasteiger partial charge in [-0.15, -0.1) is 0 Å². The average molecular weight is 309 g/mol. The molecule has 0 saturated heterocycles. The second kappa shape index (κ2) is 5.96. The molecule has 0 aromatic carbocycles. The van der Waals surface area contributed by atoms with Crippen molar-refractivity contribution in [1.82, 2.24) is 24.5 Å². The largest absolute Gasteiger partial charge is 0.476 e. The average Bonchev–Trinajstić information content (AvgIpc) is 3.05. The summed E-state index contributed by atoms with van der Waals surface area (Å²) < 4.78 is 1.59. The van der Waals surface area contributed by atoms with Crippen LogP contribution in [0.2, 0.25) is 0 Å². The smallest absolute Gasteiger partial charge is 0.356 e. The standard InChI is InChI=1S/C16H15N5O2/c1-10(2)15-19-12(11-3-5-17-6-4-11)7-14(20-15)21-8-13(16(22)23)18-9-21/h3-10H,1-2H3,(H,22,23). The third-order valence-corrected chi connectivity index (χ3v) is 3.29. The van der Waals surface area contributed by atoms with Crippen LogP contribution in [0.4, 0.5) is 0 Å². The van der Waals surface area contributed by atoms with Gasteiger partial charge in [0.15, 0.2) is 5.69 Å². The quantitative estimate of drug-likeness (QED) is 0.796. The molecule has 3 heterocycles. The summed E-state index contributed by atoms with van der Waals surface area (Å²) in [6.45, 7) is 4.01. The van der Waals surface area contributed by atoms with Crippen molar-refractivity contribution < 1.29 is 9.90 Å². The van der Waals surface area contributed by atoms with E-state index in [0.29, 0.717) is 11.6 Å². The number of aromatic carboxylic acids is 1. The van der Waals surface area contributed by atoms with Gasteiger partial charge in [0.05, 0.1) is 5.69 Å². The summed E-state index contributed by atoms with van der Waals surface area (Å²) in [7, 11) is 0. The van der Waals surface area contributed by atoms with E-state index in [1.807, 2.05) is 26.0 Å². The summed E-state index contributed by atoms with van der Waals surface area (Å²) >= 11 is 0. The third-order valence-electron chi connectivity index (χ3n) is 3.29. The molecule has 0 saturated carbocycles. The Labute approximate surface area is 132 Å². The molecule has 0 bridgehead atoms. The maximum absolute atomic E-state index is 11.0. The van der Waals surface area contributed by atoms with Crippen LogP contribution in [0, 0.1) is 0 Å². The maximum Gasteiger partial charge on any atom is 0.356 e. The van der Waals surface area contributed by atoms with Gasteiger partial charge in [-0.1, -0.05) is 13.8 Å². The number of hydrogen-bond acceptors (Lipinski definition) is 5. The first-order valence-electron chi connectivity index (χ1n) is 7.11. The van der Waals surface area contributed by atoms with Crippen molar-refractivity contribution in [3.63, 3.8) is 0 Å². The summed E-state index contributed by atoms with van der Waals surface area (Å²) in [5, 5.41) is 9.00. The van der Waals surface area contributed by atoms with Crippen LogP contribution in [0.1, 0.15) is 36.1 Å². The van der Waals surface area contributed by atoms with Crippen LogP contribution >= 0.6 is 0 Å². The van der Waals surface area contributed by atoms with Crippen LogP contribution in [-0.4, -0.2) is 35.6 Å². The van der Waals surface area contributed by atoms with E-state index in [0.717, 1.165) is 11.3 Å². The highest BCUT2D eigenvalue weighted by molar-refractivity contribution is 5.85. The molecular formula is C16H15N5O2. The van der Waals surface area contributed by atoms with E-state index in [1.54, 1.807) is 23.0 Å². The summed E-state index contributed by atoms with van der Waals surface area (Å²) in [6, 6.07) is 5.54. The molecule has 0 fully saturated rings. The summed E-state index contributed by atoms with van der Waals surface area (Å²) in [4.78, 5) is 27.9. The number of pyridine rings is 1. The Bertz CT molecular complexity index is 843. The lowest BCUT2D eigenvalue weighted by Crippen LogP contribution is -2.05. The maximum atomic E-state index is 11.0. The lowest BCUT2D eigenvalue weighted by Gasteiger charge is -2.10. The molecule has 1 N–H and O–H groups in total. The van der Waals surface area contributed by atoms with Gasteiger partial charge in [-0.25, -0.2) is 19.7 Å². The molecule has 7 heteroatoms. The molecule has 0 aliphatic heterocycles. The monoisotopic (exact) mass is 309 g/mol. The van der Waals surface area contributed by atoms with Gasteiger partial charge in [0, 0.05) is 36.1 Å². The first-order chi connectivity index (χ1) is 11.0. The number of rotatable bonds is 4. The minimum atomic E-state index is -1.07. The predicted octanol–water partition coefficient (Wildman–Crippen LogP) is 2.55. The van der Waals surface area contributed by atoms with Crippen molar-refractivity contribution in [1.29, 1.82) is 0 Å². The number of carboxylic acids is 1. The number of aromatic nitrogens is 5. The lowest BCUT2D eigenvalue weighted by atomic mass is 10.1. The van der Waals surface area contributed by atoms with Gasteiger partial charge in [-0.05, 0) is 12.1 Å². The molecule has 23 heavy (non-hydrogen) atoms. The van der Waals surface area contributed by atoms with Crippen LogP contribution in [0.25, 0.3) is 17.1 Å². The fourth-order valence-electron chi connectivity index (χ4n) is 2.07. The van der Waals surface area contributed by atoms with Crippen LogP contribution < -0.4 is 0 Å². The summed E-state index contributed by atoms with van der Waals surface area (Å²) in [6.07, 6.45) is 6.27. The summed E-state index contributed by atoms with van der Waals surface area (Å²) in [5.74, 6) is 0.324. The van der Waals surface area contributed by atoms with E-state index in [-0.39, 0.29) is 11.6 Å². The Morgan fingerprint density at radius 1 is 1.22 bits per heavy atom. The second-order valence-corrected chi connectivity index (χ2v) is 5.33. The van der Waals surface area contributed by atoms with Crippen LogP contribution in [0.15, 0.2) is 43.1 Å². The van der Waals surface area contributed by atoms with Gasteiger partial charge in [-0.2, -0.15) is 0 Å². The number of carboxylic acid groups (broad SMARTS) is 1. The highest BCUT2D eigenvalue weighted by Crippen LogP contribution is 2.21. The second-order valence-electron chi connectivity index (χ2n) is 5.33. The van der Waals surface area contributed by atoms with Gasteiger partial charge in [0.25, 0.3) is 0 Å². The van der Waals surface area contributed by atoms with E-state index < -0.39 is 5.97 Å². The number of nitrogens with zero attached hydrogens (tertiary/aromatic N) is 5. The van der Waals surface area contributed by atoms with Gasteiger partial charge < -0.3 is 5.11 Å². The van der Waals surface area contributed by atoms with Crippen LogP contribution in [0.3, 0.4) is 0 Å². The molecule has 3 aromatic heterocycles. The Morgan fingerprint density at radius 2 is 1.96 bits per heavy atom. The lowest BCUT2D eigenvalue weighted by molar-refractivity contribution is 0.0691. The van der Waals surface area contributed by atoms with Gasteiger partial charge in [-0.3, -0.25) is 9.55 Å². The molecule has 0 amide bonds.